The maximum atomic E-state index is 11.9. The molecule has 1 fully saturated rings. The maximum Gasteiger partial charge on any atom is 0.249 e. The normalized spacial score (nSPS) is 23.0. The molecule has 3 N–H and O–H groups in total. The first-order valence-corrected chi connectivity index (χ1v) is 7.18. The van der Waals surface area contributed by atoms with Crippen LogP contribution in [-0.4, -0.2) is 34.0 Å². The molecule has 0 saturated carbocycles. The molecule has 2 aromatic rings. The van der Waals surface area contributed by atoms with Crippen molar-refractivity contribution >= 4 is 22.2 Å². The van der Waals surface area contributed by atoms with Crippen LogP contribution in [0.1, 0.15) is 18.5 Å². The highest BCUT2D eigenvalue weighted by molar-refractivity contribution is 7.15. The summed E-state index contributed by atoms with van der Waals surface area (Å²) in [5, 5.41) is 4.84. The summed E-state index contributed by atoms with van der Waals surface area (Å²) in [4.78, 5) is 17.3. The van der Waals surface area contributed by atoms with Gasteiger partial charge in [0.25, 0.3) is 0 Å². The monoisotopic (exact) mass is 280 g/mol. The Balaban J connectivity index is 1.54. The highest BCUT2D eigenvalue weighted by Crippen LogP contribution is 2.19. The zero-order valence-corrected chi connectivity index (χ0v) is 11.2. The zero-order valence-electron chi connectivity index (χ0n) is 10.4. The molecule has 1 saturated heterocycles. The van der Waals surface area contributed by atoms with Crippen molar-refractivity contribution in [1.82, 2.24) is 14.7 Å². The number of carbonyl (C=O) groups excluding carboxylic acids is 1. The quantitative estimate of drug-likeness (QED) is 0.855. The number of amides is 1. The van der Waals surface area contributed by atoms with Crippen LogP contribution in [0.15, 0.2) is 17.8 Å². The SMILES string of the molecule is NC[C@H]1CC[C@@H](C(=O)NCc2cn3ccsc3n2)O1. The van der Waals surface area contributed by atoms with Crippen LogP contribution < -0.4 is 11.1 Å². The molecule has 0 radical (unpaired) electrons. The molecule has 19 heavy (non-hydrogen) atoms. The summed E-state index contributed by atoms with van der Waals surface area (Å²) in [6.45, 7) is 0.904. The number of nitrogens with zero attached hydrogens (tertiary/aromatic N) is 2. The van der Waals surface area contributed by atoms with Gasteiger partial charge in [-0.2, -0.15) is 0 Å². The topological polar surface area (TPSA) is 81.7 Å². The fourth-order valence-corrected chi connectivity index (χ4v) is 2.94. The average molecular weight is 280 g/mol. The van der Waals surface area contributed by atoms with Gasteiger partial charge in [-0.3, -0.25) is 9.20 Å². The fraction of sp³-hybridized carbons (Fsp3) is 0.500. The Labute approximate surface area is 114 Å². The lowest BCUT2D eigenvalue weighted by Gasteiger charge is -2.11. The number of rotatable bonds is 4. The number of imidazole rings is 1. The summed E-state index contributed by atoms with van der Waals surface area (Å²) >= 11 is 1.57. The second-order valence-corrected chi connectivity index (χ2v) is 5.48. The van der Waals surface area contributed by atoms with Crippen LogP contribution in [0.5, 0.6) is 0 Å². The molecule has 0 bridgehead atoms. The molecule has 2 atom stereocenters. The van der Waals surface area contributed by atoms with Crippen LogP contribution >= 0.6 is 11.3 Å². The van der Waals surface area contributed by atoms with E-state index in [0.29, 0.717) is 13.1 Å². The van der Waals surface area contributed by atoms with E-state index in [-0.39, 0.29) is 18.1 Å². The number of nitrogens with two attached hydrogens (primary N) is 1. The van der Waals surface area contributed by atoms with E-state index in [1.54, 1.807) is 11.3 Å². The van der Waals surface area contributed by atoms with Crippen molar-refractivity contribution in [3.8, 4) is 0 Å². The minimum atomic E-state index is -0.364. The van der Waals surface area contributed by atoms with Gasteiger partial charge >= 0.3 is 0 Å². The fourth-order valence-electron chi connectivity index (χ4n) is 2.22. The predicted octanol–water partition coefficient (Wildman–Crippen LogP) is 0.518. The van der Waals surface area contributed by atoms with Crippen molar-refractivity contribution in [1.29, 1.82) is 0 Å². The first-order valence-electron chi connectivity index (χ1n) is 6.30. The Bertz CT molecular complexity index is 551. The van der Waals surface area contributed by atoms with Crippen molar-refractivity contribution in [2.45, 2.75) is 31.6 Å². The largest absolute Gasteiger partial charge is 0.364 e. The Hall–Kier alpha value is -1.44. The molecule has 2 aromatic heterocycles. The third-order valence-electron chi connectivity index (χ3n) is 3.25. The molecule has 7 heteroatoms. The van der Waals surface area contributed by atoms with Gasteiger partial charge in [-0.1, -0.05) is 0 Å². The Morgan fingerprint density at radius 1 is 1.63 bits per heavy atom. The van der Waals surface area contributed by atoms with Crippen LogP contribution in [0.4, 0.5) is 0 Å². The summed E-state index contributed by atoms with van der Waals surface area (Å²) in [6, 6.07) is 0. The van der Waals surface area contributed by atoms with Crippen LogP contribution in [-0.2, 0) is 16.1 Å². The van der Waals surface area contributed by atoms with Gasteiger partial charge in [0.2, 0.25) is 5.91 Å². The third-order valence-corrected chi connectivity index (χ3v) is 4.02. The standard InChI is InChI=1S/C12H16N4O2S/c13-5-9-1-2-10(18-9)11(17)14-6-8-7-16-3-4-19-12(16)15-8/h3-4,7,9-10H,1-2,5-6,13H2,(H,14,17)/t9-,10+/m1/s1. The van der Waals surface area contributed by atoms with E-state index in [4.69, 9.17) is 10.5 Å². The van der Waals surface area contributed by atoms with E-state index in [1.165, 1.54) is 0 Å². The number of fused-ring (bicyclic) bond motifs is 1. The predicted molar refractivity (Wildman–Crippen MR) is 71.9 cm³/mol. The molecule has 3 rings (SSSR count). The second kappa shape index (κ2) is 5.28. The van der Waals surface area contributed by atoms with E-state index < -0.39 is 0 Å². The lowest BCUT2D eigenvalue weighted by molar-refractivity contribution is -0.132. The summed E-state index contributed by atoms with van der Waals surface area (Å²) in [5.41, 5.74) is 6.38. The van der Waals surface area contributed by atoms with Gasteiger partial charge in [0, 0.05) is 24.3 Å². The first kappa shape index (κ1) is 12.6. The van der Waals surface area contributed by atoms with Gasteiger partial charge in [-0.15, -0.1) is 11.3 Å². The Morgan fingerprint density at radius 3 is 3.26 bits per heavy atom. The number of aromatic nitrogens is 2. The smallest absolute Gasteiger partial charge is 0.249 e. The lowest BCUT2D eigenvalue weighted by Crippen LogP contribution is -2.35. The van der Waals surface area contributed by atoms with Crippen molar-refractivity contribution in [2.75, 3.05) is 6.54 Å². The molecule has 1 amide bonds. The van der Waals surface area contributed by atoms with Crippen LogP contribution in [0.3, 0.4) is 0 Å². The zero-order chi connectivity index (χ0) is 13.2. The van der Waals surface area contributed by atoms with E-state index in [9.17, 15) is 4.79 Å². The molecule has 3 heterocycles. The molecule has 6 nitrogen and oxygen atoms in total. The van der Waals surface area contributed by atoms with Crippen molar-refractivity contribution in [3.63, 3.8) is 0 Å². The summed E-state index contributed by atoms with van der Waals surface area (Å²) in [7, 11) is 0. The van der Waals surface area contributed by atoms with E-state index in [2.05, 4.69) is 10.3 Å². The maximum absolute atomic E-state index is 11.9. The second-order valence-electron chi connectivity index (χ2n) is 4.60. The van der Waals surface area contributed by atoms with Gasteiger partial charge in [0.1, 0.15) is 6.10 Å². The van der Waals surface area contributed by atoms with E-state index in [1.807, 2.05) is 22.2 Å². The summed E-state index contributed by atoms with van der Waals surface area (Å²) in [5.74, 6) is -0.0766. The van der Waals surface area contributed by atoms with Crippen LogP contribution in [0.25, 0.3) is 4.96 Å². The van der Waals surface area contributed by atoms with Crippen molar-refractivity contribution in [2.24, 2.45) is 5.73 Å². The Morgan fingerprint density at radius 2 is 2.53 bits per heavy atom. The number of hydrogen-bond donors (Lipinski definition) is 2. The van der Waals surface area contributed by atoms with Crippen LogP contribution in [0, 0.1) is 0 Å². The molecule has 0 unspecified atom stereocenters. The van der Waals surface area contributed by atoms with Gasteiger partial charge in [-0.05, 0) is 12.8 Å². The minimum absolute atomic E-state index is 0.0219. The minimum Gasteiger partial charge on any atom is -0.364 e. The van der Waals surface area contributed by atoms with E-state index >= 15 is 0 Å². The molecular weight excluding hydrogens is 264 g/mol. The number of nitrogens with one attached hydrogen (secondary N) is 1. The highest BCUT2D eigenvalue weighted by atomic mass is 32.1. The molecule has 1 aliphatic rings. The van der Waals surface area contributed by atoms with E-state index in [0.717, 1.165) is 23.5 Å². The van der Waals surface area contributed by atoms with Crippen LogP contribution in [0.2, 0.25) is 0 Å². The number of carbonyl (C=O) groups is 1. The molecule has 0 spiro atoms. The number of thiazole rings is 1. The van der Waals surface area contributed by atoms with Gasteiger partial charge in [-0.25, -0.2) is 4.98 Å². The first-order chi connectivity index (χ1) is 9.26. The highest BCUT2D eigenvalue weighted by Gasteiger charge is 2.29. The van der Waals surface area contributed by atoms with Gasteiger partial charge < -0.3 is 15.8 Å². The molecule has 102 valence electrons. The number of ether oxygens (including phenoxy) is 1. The molecule has 0 aliphatic carbocycles. The molecular formula is C12H16N4O2S. The van der Waals surface area contributed by atoms with Crippen molar-refractivity contribution < 1.29 is 9.53 Å². The summed E-state index contributed by atoms with van der Waals surface area (Å²) < 4.78 is 7.49. The molecule has 1 aliphatic heterocycles. The average Bonchev–Trinajstić information content (AvgIpc) is 3.10. The Kier molecular flexibility index (Phi) is 3.50. The number of hydrogen-bond acceptors (Lipinski definition) is 5. The third kappa shape index (κ3) is 2.63. The molecule has 0 aromatic carbocycles. The lowest BCUT2D eigenvalue weighted by atomic mass is 10.2. The van der Waals surface area contributed by atoms with Gasteiger partial charge in [0.05, 0.1) is 18.3 Å². The van der Waals surface area contributed by atoms with Gasteiger partial charge in [0.15, 0.2) is 4.96 Å². The summed E-state index contributed by atoms with van der Waals surface area (Å²) in [6.07, 6.45) is 5.13. The van der Waals surface area contributed by atoms with Crippen molar-refractivity contribution in [3.05, 3.63) is 23.5 Å².